The van der Waals surface area contributed by atoms with Crippen LogP contribution in [-0.2, 0) is 4.79 Å². The second-order valence-electron chi connectivity index (χ2n) is 3.83. The summed E-state index contributed by atoms with van der Waals surface area (Å²) in [4.78, 5) is 32.2. The first-order valence-electron chi connectivity index (χ1n) is 5.44. The van der Waals surface area contributed by atoms with E-state index in [0.717, 1.165) is 12.1 Å². The van der Waals surface area contributed by atoms with Crippen molar-refractivity contribution in [2.75, 3.05) is 6.61 Å². The number of aliphatic hydroxyl groups excluding tert-OH is 1. The van der Waals surface area contributed by atoms with Gasteiger partial charge in [0.2, 0.25) is 0 Å². The minimum Gasteiger partial charge on any atom is -0.480 e. The Bertz CT molecular complexity index is 548. The number of hydrogen-bond acceptors (Lipinski definition) is 5. The normalized spacial score (nSPS) is 11.7. The van der Waals surface area contributed by atoms with Crippen molar-refractivity contribution >= 4 is 17.6 Å². The average Bonchev–Trinajstić information content (AvgIpc) is 2.37. The summed E-state index contributed by atoms with van der Waals surface area (Å²) in [5.41, 5.74) is -0.995. The van der Waals surface area contributed by atoms with Crippen molar-refractivity contribution in [1.29, 1.82) is 0 Å². The molecular formula is C11H11FN2O6. The van der Waals surface area contributed by atoms with E-state index in [-0.39, 0.29) is 12.0 Å². The summed E-state index contributed by atoms with van der Waals surface area (Å²) in [6.07, 6.45) is -0.238. The summed E-state index contributed by atoms with van der Waals surface area (Å²) in [6, 6.07) is 0.852. The Labute approximate surface area is 112 Å². The molecule has 0 aliphatic rings. The van der Waals surface area contributed by atoms with Gasteiger partial charge in [0.25, 0.3) is 11.6 Å². The van der Waals surface area contributed by atoms with E-state index in [0.29, 0.717) is 6.07 Å². The van der Waals surface area contributed by atoms with Crippen LogP contribution in [0.5, 0.6) is 0 Å². The predicted molar refractivity (Wildman–Crippen MR) is 63.6 cm³/mol. The maximum Gasteiger partial charge on any atom is 0.326 e. The molecule has 0 aromatic heterocycles. The molecule has 0 aliphatic heterocycles. The fourth-order valence-electron chi connectivity index (χ4n) is 1.44. The van der Waals surface area contributed by atoms with Crippen molar-refractivity contribution in [3.05, 3.63) is 39.7 Å². The van der Waals surface area contributed by atoms with Crippen molar-refractivity contribution < 1.29 is 29.1 Å². The minimum atomic E-state index is -1.38. The third-order valence-electron chi connectivity index (χ3n) is 2.38. The molecule has 1 atom stereocenters. The van der Waals surface area contributed by atoms with Crippen LogP contribution in [0, 0.1) is 15.9 Å². The highest BCUT2D eigenvalue weighted by Gasteiger charge is 2.21. The van der Waals surface area contributed by atoms with Gasteiger partial charge in [0.1, 0.15) is 11.9 Å². The van der Waals surface area contributed by atoms with Gasteiger partial charge in [-0.2, -0.15) is 0 Å². The quantitative estimate of drug-likeness (QED) is 0.509. The van der Waals surface area contributed by atoms with E-state index in [4.69, 9.17) is 10.2 Å². The van der Waals surface area contributed by atoms with Gasteiger partial charge in [0, 0.05) is 24.7 Å². The van der Waals surface area contributed by atoms with Crippen molar-refractivity contribution in [3.8, 4) is 0 Å². The number of aliphatic carboxylic acids is 1. The lowest BCUT2D eigenvalue weighted by Crippen LogP contribution is -2.41. The molecule has 3 N–H and O–H groups in total. The number of rotatable bonds is 6. The lowest BCUT2D eigenvalue weighted by molar-refractivity contribution is -0.385. The third-order valence-corrected chi connectivity index (χ3v) is 2.38. The van der Waals surface area contributed by atoms with E-state index in [2.05, 4.69) is 0 Å². The summed E-state index contributed by atoms with van der Waals surface area (Å²) in [5, 5.41) is 30.0. The molecule has 0 heterocycles. The van der Waals surface area contributed by atoms with E-state index in [1.54, 1.807) is 0 Å². The molecule has 0 unspecified atom stereocenters. The van der Waals surface area contributed by atoms with E-state index < -0.39 is 41.0 Å². The van der Waals surface area contributed by atoms with Crippen LogP contribution in [0.15, 0.2) is 18.2 Å². The number of nitro benzene ring substituents is 1. The van der Waals surface area contributed by atoms with Gasteiger partial charge in [-0.3, -0.25) is 14.9 Å². The largest absolute Gasteiger partial charge is 0.480 e. The molecule has 108 valence electrons. The number of nitrogens with zero attached hydrogens (tertiary/aromatic N) is 1. The Morgan fingerprint density at radius 3 is 2.55 bits per heavy atom. The number of carbonyl (C=O) groups excluding carboxylic acids is 1. The zero-order valence-corrected chi connectivity index (χ0v) is 10.1. The average molecular weight is 286 g/mol. The molecule has 0 spiro atoms. The van der Waals surface area contributed by atoms with E-state index >= 15 is 0 Å². The van der Waals surface area contributed by atoms with Crippen LogP contribution in [0.2, 0.25) is 0 Å². The number of halogens is 1. The molecule has 0 radical (unpaired) electrons. The molecule has 0 fully saturated rings. The molecule has 0 bridgehead atoms. The van der Waals surface area contributed by atoms with E-state index in [9.17, 15) is 24.1 Å². The molecule has 1 aromatic carbocycles. The molecule has 20 heavy (non-hydrogen) atoms. The van der Waals surface area contributed by atoms with Crippen LogP contribution in [0.3, 0.4) is 0 Å². The Morgan fingerprint density at radius 1 is 1.40 bits per heavy atom. The molecule has 9 heteroatoms. The van der Waals surface area contributed by atoms with E-state index in [1.807, 2.05) is 5.32 Å². The Hall–Kier alpha value is -2.55. The lowest BCUT2D eigenvalue weighted by Gasteiger charge is -2.13. The summed E-state index contributed by atoms with van der Waals surface area (Å²) >= 11 is 0. The maximum atomic E-state index is 13.2. The number of nitrogens with one attached hydrogen (secondary N) is 1. The Balaban J connectivity index is 2.97. The fourth-order valence-corrected chi connectivity index (χ4v) is 1.44. The van der Waals surface area contributed by atoms with Crippen LogP contribution in [0.4, 0.5) is 10.1 Å². The monoisotopic (exact) mass is 286 g/mol. The fraction of sp³-hybridized carbons (Fsp3) is 0.273. The molecule has 0 saturated carbocycles. The zero-order valence-electron chi connectivity index (χ0n) is 10.1. The minimum absolute atomic E-state index is 0.238. The van der Waals surface area contributed by atoms with Gasteiger partial charge in [-0.25, -0.2) is 9.18 Å². The summed E-state index contributed by atoms with van der Waals surface area (Å²) < 4.78 is 13.2. The van der Waals surface area contributed by atoms with Gasteiger partial charge in [-0.1, -0.05) is 0 Å². The van der Waals surface area contributed by atoms with E-state index in [1.165, 1.54) is 0 Å². The SMILES string of the molecule is O=C(N[C@@H](CCO)C(=O)O)c1cc(F)cc([N+](=O)[O-])c1. The van der Waals surface area contributed by atoms with Gasteiger partial charge < -0.3 is 15.5 Å². The smallest absolute Gasteiger partial charge is 0.326 e. The number of aliphatic hydroxyl groups is 1. The third kappa shape index (κ3) is 3.99. The highest BCUT2D eigenvalue weighted by Crippen LogP contribution is 2.16. The Morgan fingerprint density at radius 2 is 2.05 bits per heavy atom. The number of carboxylic acid groups (broad SMARTS) is 1. The predicted octanol–water partition coefficient (Wildman–Crippen LogP) is 0.299. The van der Waals surface area contributed by atoms with Crippen molar-refractivity contribution in [1.82, 2.24) is 5.32 Å². The standard InChI is InChI=1S/C11H11FN2O6/c12-7-3-6(4-8(5-7)14(19)20)10(16)13-9(1-2-15)11(17)18/h3-5,9,15H,1-2H2,(H,13,16)(H,17,18)/t9-/m0/s1. The van der Waals surface area contributed by atoms with Crippen LogP contribution < -0.4 is 5.32 Å². The number of carbonyl (C=O) groups is 2. The van der Waals surface area contributed by atoms with Gasteiger partial charge >= 0.3 is 5.97 Å². The van der Waals surface area contributed by atoms with Crippen LogP contribution in [0.25, 0.3) is 0 Å². The van der Waals surface area contributed by atoms with Crippen LogP contribution in [-0.4, -0.2) is 39.7 Å². The summed E-state index contributed by atoms with van der Waals surface area (Å²) in [7, 11) is 0. The van der Waals surface area contributed by atoms with Crippen molar-refractivity contribution in [3.63, 3.8) is 0 Å². The van der Waals surface area contributed by atoms with Crippen LogP contribution >= 0.6 is 0 Å². The maximum absolute atomic E-state index is 13.2. The first-order chi connectivity index (χ1) is 9.35. The molecule has 0 aliphatic carbocycles. The molecule has 1 amide bonds. The number of hydrogen-bond donors (Lipinski definition) is 3. The summed E-state index contributed by atoms with van der Waals surface area (Å²) in [5.74, 6) is -3.34. The topological polar surface area (TPSA) is 130 Å². The number of carboxylic acids is 1. The van der Waals surface area contributed by atoms with Crippen molar-refractivity contribution in [2.45, 2.75) is 12.5 Å². The molecular weight excluding hydrogens is 275 g/mol. The number of benzene rings is 1. The second-order valence-corrected chi connectivity index (χ2v) is 3.83. The van der Waals surface area contributed by atoms with Crippen molar-refractivity contribution in [2.24, 2.45) is 0 Å². The number of non-ortho nitro benzene ring substituents is 1. The zero-order chi connectivity index (χ0) is 15.3. The molecule has 8 nitrogen and oxygen atoms in total. The number of nitro groups is 1. The van der Waals surface area contributed by atoms with Crippen LogP contribution in [0.1, 0.15) is 16.8 Å². The first-order valence-corrected chi connectivity index (χ1v) is 5.44. The molecule has 0 saturated heterocycles. The molecule has 1 aromatic rings. The second kappa shape index (κ2) is 6.57. The van der Waals surface area contributed by atoms with Gasteiger partial charge in [-0.05, 0) is 6.07 Å². The first kappa shape index (κ1) is 15.5. The van der Waals surface area contributed by atoms with Gasteiger partial charge in [-0.15, -0.1) is 0 Å². The highest BCUT2D eigenvalue weighted by atomic mass is 19.1. The van der Waals surface area contributed by atoms with Gasteiger partial charge in [0.15, 0.2) is 0 Å². The molecule has 1 rings (SSSR count). The summed E-state index contributed by atoms with van der Waals surface area (Å²) in [6.45, 7) is -0.472. The van der Waals surface area contributed by atoms with Gasteiger partial charge in [0.05, 0.1) is 11.0 Å². The number of amides is 1. The Kier molecular flexibility index (Phi) is 5.09. The lowest BCUT2D eigenvalue weighted by atomic mass is 10.1. The highest BCUT2D eigenvalue weighted by molar-refractivity contribution is 5.97.